The highest BCUT2D eigenvalue weighted by molar-refractivity contribution is 6.34. The van der Waals surface area contributed by atoms with E-state index in [2.05, 4.69) is 4.99 Å². The quantitative estimate of drug-likeness (QED) is 0.101. The molecule has 8 nitrogen and oxygen atoms in total. The maximum absolute atomic E-state index is 12.6. The van der Waals surface area contributed by atoms with Gasteiger partial charge >= 0.3 is 5.97 Å². The number of benzene rings is 4. The molecule has 194 valence electrons. The second-order valence-electron chi connectivity index (χ2n) is 8.51. The van der Waals surface area contributed by atoms with Crippen molar-refractivity contribution < 1.29 is 23.9 Å². The predicted molar refractivity (Wildman–Crippen MR) is 147 cm³/mol. The minimum Gasteiger partial charge on any atom is -0.489 e. The fourth-order valence-electron chi connectivity index (χ4n) is 3.79. The molecule has 1 aliphatic heterocycles. The Balaban J connectivity index is 1.43. The monoisotopic (exact) mass is 540 g/mol. The van der Waals surface area contributed by atoms with E-state index >= 15 is 0 Å². The third-order valence-corrected chi connectivity index (χ3v) is 6.09. The molecule has 39 heavy (non-hydrogen) atoms. The summed E-state index contributed by atoms with van der Waals surface area (Å²) in [6.45, 7) is 0.686. The van der Waals surface area contributed by atoms with Gasteiger partial charge in [0.05, 0.1) is 15.5 Å². The van der Waals surface area contributed by atoms with Gasteiger partial charge in [-0.1, -0.05) is 72.3 Å². The van der Waals surface area contributed by atoms with Crippen LogP contribution in [0.1, 0.15) is 22.3 Å². The van der Waals surface area contributed by atoms with Gasteiger partial charge in [0, 0.05) is 23.8 Å². The molecular weight excluding hydrogens is 520 g/mol. The molecule has 0 atom stereocenters. The number of esters is 1. The summed E-state index contributed by atoms with van der Waals surface area (Å²) in [6, 6.07) is 28.6. The number of carbonyl (C=O) groups excluding carboxylic acids is 1. The maximum Gasteiger partial charge on any atom is 0.363 e. The molecule has 9 heteroatoms. The van der Waals surface area contributed by atoms with Crippen molar-refractivity contribution >= 4 is 35.2 Å². The number of rotatable bonds is 9. The zero-order valence-electron chi connectivity index (χ0n) is 20.5. The van der Waals surface area contributed by atoms with Gasteiger partial charge in [-0.25, -0.2) is 9.79 Å². The molecule has 0 unspecified atom stereocenters. The second-order valence-corrected chi connectivity index (χ2v) is 8.91. The molecule has 0 saturated heterocycles. The second kappa shape index (κ2) is 11.6. The molecule has 0 amide bonds. The van der Waals surface area contributed by atoms with Gasteiger partial charge in [-0.05, 0) is 35.4 Å². The van der Waals surface area contributed by atoms with Crippen LogP contribution in [0.25, 0.3) is 6.08 Å². The van der Waals surface area contributed by atoms with Crippen LogP contribution < -0.4 is 9.47 Å². The highest BCUT2D eigenvalue weighted by atomic mass is 35.5. The summed E-state index contributed by atoms with van der Waals surface area (Å²) >= 11 is 6.20. The molecule has 0 saturated carbocycles. The third-order valence-electron chi connectivity index (χ3n) is 5.78. The van der Waals surface area contributed by atoms with Crippen LogP contribution in [0.4, 0.5) is 5.69 Å². The minimum absolute atomic E-state index is 0.0296. The standard InChI is InChI=1S/C30H21ClN2O6/c31-26-16-23(33(35)36)12-14-25(26)29-32-27(30(34)39-29)15-22-11-13-24(37-18-20-7-3-1-4-8-20)17-28(22)38-19-21-9-5-2-6-10-21/h1-17H,18-19H2. The lowest BCUT2D eigenvalue weighted by atomic mass is 10.1. The van der Waals surface area contributed by atoms with E-state index in [1.165, 1.54) is 18.2 Å². The number of non-ortho nitro benzene ring substituents is 1. The largest absolute Gasteiger partial charge is 0.489 e. The van der Waals surface area contributed by atoms with Crippen LogP contribution in [0.2, 0.25) is 5.02 Å². The third kappa shape index (κ3) is 6.31. The number of halogens is 1. The smallest absolute Gasteiger partial charge is 0.363 e. The summed E-state index contributed by atoms with van der Waals surface area (Å²) in [6.07, 6.45) is 1.55. The van der Waals surface area contributed by atoms with Gasteiger partial charge in [0.25, 0.3) is 5.69 Å². The Kier molecular flexibility index (Phi) is 7.65. The highest BCUT2D eigenvalue weighted by Gasteiger charge is 2.27. The molecule has 0 aromatic heterocycles. The zero-order valence-corrected chi connectivity index (χ0v) is 21.2. The molecule has 0 aliphatic carbocycles. The Morgan fingerprint density at radius 2 is 1.54 bits per heavy atom. The van der Waals surface area contributed by atoms with Gasteiger partial charge < -0.3 is 14.2 Å². The zero-order chi connectivity index (χ0) is 27.2. The van der Waals surface area contributed by atoms with Crippen LogP contribution in [0.15, 0.2) is 108 Å². The Hall–Kier alpha value is -4.95. The van der Waals surface area contributed by atoms with E-state index in [4.69, 9.17) is 25.8 Å². The number of aliphatic imine (C=N–C) groups is 1. The fourth-order valence-corrected chi connectivity index (χ4v) is 4.04. The van der Waals surface area contributed by atoms with Gasteiger partial charge in [0.15, 0.2) is 5.70 Å². The van der Waals surface area contributed by atoms with Crippen LogP contribution in [-0.2, 0) is 22.7 Å². The Morgan fingerprint density at radius 3 is 2.18 bits per heavy atom. The molecule has 4 aromatic carbocycles. The number of cyclic esters (lactones) is 1. The summed E-state index contributed by atoms with van der Waals surface area (Å²) in [5, 5.41) is 11.1. The topological polar surface area (TPSA) is 100 Å². The van der Waals surface area contributed by atoms with Crippen molar-refractivity contribution in [2.24, 2.45) is 4.99 Å². The first-order valence-electron chi connectivity index (χ1n) is 11.9. The van der Waals surface area contributed by atoms with E-state index in [0.717, 1.165) is 11.1 Å². The van der Waals surface area contributed by atoms with Crippen LogP contribution in [0.5, 0.6) is 11.5 Å². The van der Waals surface area contributed by atoms with E-state index < -0.39 is 10.9 Å². The normalized spacial score (nSPS) is 13.6. The number of ether oxygens (including phenoxy) is 3. The van der Waals surface area contributed by atoms with Gasteiger partial charge in [-0.2, -0.15) is 0 Å². The molecule has 0 fully saturated rings. The summed E-state index contributed by atoms with van der Waals surface area (Å²) in [7, 11) is 0. The molecule has 0 spiro atoms. The van der Waals surface area contributed by atoms with Crippen molar-refractivity contribution in [2.45, 2.75) is 13.2 Å². The van der Waals surface area contributed by atoms with Crippen molar-refractivity contribution in [1.29, 1.82) is 0 Å². The Morgan fingerprint density at radius 1 is 0.872 bits per heavy atom. The van der Waals surface area contributed by atoms with Crippen molar-refractivity contribution in [2.75, 3.05) is 0 Å². The lowest BCUT2D eigenvalue weighted by molar-refractivity contribution is -0.384. The maximum atomic E-state index is 12.6. The molecule has 0 N–H and O–H groups in total. The SMILES string of the molecule is O=C1OC(c2ccc([N+](=O)[O-])cc2Cl)=NC1=Cc1ccc(OCc2ccccc2)cc1OCc1ccccc1. The summed E-state index contributed by atoms with van der Waals surface area (Å²) in [5.74, 6) is 0.361. The van der Waals surface area contributed by atoms with Crippen LogP contribution in [-0.4, -0.2) is 16.8 Å². The van der Waals surface area contributed by atoms with Crippen molar-refractivity contribution in [1.82, 2.24) is 0 Å². The predicted octanol–water partition coefficient (Wildman–Crippen LogP) is 6.75. The lowest BCUT2D eigenvalue weighted by Gasteiger charge is -2.13. The minimum atomic E-state index is -0.683. The molecule has 5 rings (SSSR count). The first kappa shape index (κ1) is 25.7. The van der Waals surface area contributed by atoms with E-state index in [9.17, 15) is 14.9 Å². The first-order chi connectivity index (χ1) is 19.0. The van der Waals surface area contributed by atoms with Gasteiger partial charge in [0.1, 0.15) is 24.7 Å². The van der Waals surface area contributed by atoms with Crippen molar-refractivity contribution in [3.8, 4) is 11.5 Å². The Labute approximate surface area is 228 Å². The molecule has 0 radical (unpaired) electrons. The van der Waals surface area contributed by atoms with E-state index in [0.29, 0.717) is 30.3 Å². The molecule has 1 aliphatic rings. The number of nitrogens with zero attached hydrogens (tertiary/aromatic N) is 2. The fraction of sp³-hybridized carbons (Fsp3) is 0.0667. The average molecular weight is 541 g/mol. The van der Waals surface area contributed by atoms with E-state index in [1.807, 2.05) is 60.7 Å². The first-order valence-corrected chi connectivity index (χ1v) is 12.3. The van der Waals surface area contributed by atoms with Gasteiger partial charge in [-0.15, -0.1) is 0 Å². The molecule has 1 heterocycles. The summed E-state index contributed by atoms with van der Waals surface area (Å²) in [4.78, 5) is 27.4. The van der Waals surface area contributed by atoms with Gasteiger partial charge in [-0.3, -0.25) is 10.1 Å². The summed E-state index contributed by atoms with van der Waals surface area (Å²) < 4.78 is 17.4. The van der Waals surface area contributed by atoms with Crippen LogP contribution >= 0.6 is 11.6 Å². The molecule has 4 aromatic rings. The molecule has 0 bridgehead atoms. The van der Waals surface area contributed by atoms with Crippen LogP contribution in [0.3, 0.4) is 0 Å². The van der Waals surface area contributed by atoms with Crippen molar-refractivity contribution in [3.05, 3.63) is 140 Å². The van der Waals surface area contributed by atoms with Crippen LogP contribution in [0, 0.1) is 10.1 Å². The Bertz CT molecular complexity index is 1590. The highest BCUT2D eigenvalue weighted by Crippen LogP contribution is 2.31. The van der Waals surface area contributed by atoms with Gasteiger partial charge in [0.2, 0.25) is 5.90 Å². The van der Waals surface area contributed by atoms with E-state index in [1.54, 1.807) is 24.3 Å². The average Bonchev–Trinajstić information content (AvgIpc) is 3.32. The number of nitro benzene ring substituents is 1. The van der Waals surface area contributed by atoms with Crippen molar-refractivity contribution in [3.63, 3.8) is 0 Å². The summed E-state index contributed by atoms with van der Waals surface area (Å²) in [5.41, 5.74) is 2.70. The number of hydrogen-bond donors (Lipinski definition) is 0. The number of carbonyl (C=O) groups is 1. The number of nitro groups is 1. The molecular formula is C30H21ClN2O6. The number of hydrogen-bond acceptors (Lipinski definition) is 7. The van der Waals surface area contributed by atoms with E-state index in [-0.39, 0.29) is 27.9 Å². The lowest BCUT2D eigenvalue weighted by Crippen LogP contribution is -2.06.